The highest BCUT2D eigenvalue weighted by Gasteiger charge is 2.30. The molecule has 0 amide bonds. The number of nitrogens with one attached hydrogen (secondary N) is 1. The number of rotatable bonds is 7. The number of aryl methyl sites for hydroxylation is 1. The Balaban J connectivity index is 1.83. The SMILES string of the molecule is CCC(=O)CCc1ccnc(OC2CC(NS)C2)c1. The van der Waals surface area contributed by atoms with Crippen molar-refractivity contribution >= 4 is 18.6 Å². The van der Waals surface area contributed by atoms with E-state index in [9.17, 15) is 4.79 Å². The molecule has 0 spiro atoms. The lowest BCUT2D eigenvalue weighted by molar-refractivity contribution is -0.118. The van der Waals surface area contributed by atoms with E-state index in [1.165, 1.54) is 0 Å². The molecule has 0 unspecified atom stereocenters. The van der Waals surface area contributed by atoms with Gasteiger partial charge in [-0.2, -0.15) is 0 Å². The Bertz CT molecular complexity index is 433. The Labute approximate surface area is 119 Å². The van der Waals surface area contributed by atoms with Crippen LogP contribution in [0.3, 0.4) is 0 Å². The zero-order chi connectivity index (χ0) is 13.7. The number of carbonyl (C=O) groups is 1. The standard InChI is InChI=1S/C14H20N2O2S/c1-2-12(17)4-3-10-5-6-15-14(7-10)18-13-8-11(9-13)16-19/h5-7,11,13,16,19H,2-4,8-9H2,1H3. The van der Waals surface area contributed by atoms with Crippen LogP contribution in [0.2, 0.25) is 0 Å². The van der Waals surface area contributed by atoms with Gasteiger partial charge in [-0.25, -0.2) is 4.98 Å². The van der Waals surface area contributed by atoms with E-state index in [0.29, 0.717) is 30.5 Å². The van der Waals surface area contributed by atoms with Crippen LogP contribution in [0.5, 0.6) is 5.88 Å². The Morgan fingerprint density at radius 2 is 2.37 bits per heavy atom. The number of aromatic nitrogens is 1. The summed E-state index contributed by atoms with van der Waals surface area (Å²) in [5.41, 5.74) is 1.11. The molecule has 1 N–H and O–H groups in total. The maximum absolute atomic E-state index is 11.3. The molecular formula is C14H20N2O2S. The molecule has 1 aromatic rings. The van der Waals surface area contributed by atoms with Crippen LogP contribution in [0.4, 0.5) is 0 Å². The van der Waals surface area contributed by atoms with Gasteiger partial charge in [0.15, 0.2) is 0 Å². The fourth-order valence-electron chi connectivity index (χ4n) is 2.07. The number of ether oxygens (including phenoxy) is 1. The van der Waals surface area contributed by atoms with Crippen LogP contribution in [-0.4, -0.2) is 22.9 Å². The molecule has 0 aliphatic heterocycles. The van der Waals surface area contributed by atoms with Crippen molar-refractivity contribution in [2.75, 3.05) is 0 Å². The van der Waals surface area contributed by atoms with Crippen molar-refractivity contribution in [1.82, 2.24) is 9.71 Å². The van der Waals surface area contributed by atoms with E-state index in [1.54, 1.807) is 6.20 Å². The smallest absolute Gasteiger partial charge is 0.213 e. The highest BCUT2D eigenvalue weighted by molar-refractivity contribution is 7.78. The fourth-order valence-corrected chi connectivity index (χ4v) is 2.28. The molecular weight excluding hydrogens is 260 g/mol. The summed E-state index contributed by atoms with van der Waals surface area (Å²) in [4.78, 5) is 15.5. The Morgan fingerprint density at radius 1 is 1.58 bits per heavy atom. The zero-order valence-electron chi connectivity index (χ0n) is 11.1. The average Bonchev–Trinajstić information content (AvgIpc) is 2.40. The van der Waals surface area contributed by atoms with Crippen molar-refractivity contribution in [3.63, 3.8) is 0 Å². The molecule has 2 rings (SSSR count). The van der Waals surface area contributed by atoms with E-state index in [-0.39, 0.29) is 6.10 Å². The summed E-state index contributed by atoms with van der Waals surface area (Å²) >= 11 is 4.03. The fraction of sp³-hybridized carbons (Fsp3) is 0.571. The molecule has 1 aliphatic rings. The Morgan fingerprint density at radius 3 is 3.05 bits per heavy atom. The van der Waals surface area contributed by atoms with E-state index in [0.717, 1.165) is 24.8 Å². The van der Waals surface area contributed by atoms with Crippen LogP contribution in [0, 0.1) is 0 Å². The molecule has 5 heteroatoms. The van der Waals surface area contributed by atoms with E-state index >= 15 is 0 Å². The second-order valence-corrected chi connectivity index (χ2v) is 5.19. The van der Waals surface area contributed by atoms with Gasteiger partial charge in [-0.15, -0.1) is 0 Å². The van der Waals surface area contributed by atoms with Crippen molar-refractivity contribution in [1.29, 1.82) is 0 Å². The Hall–Kier alpha value is -1.07. The average molecular weight is 280 g/mol. The normalized spacial score (nSPS) is 21.8. The monoisotopic (exact) mass is 280 g/mol. The molecule has 0 bridgehead atoms. The highest BCUT2D eigenvalue weighted by atomic mass is 32.1. The van der Waals surface area contributed by atoms with Gasteiger partial charge in [-0.1, -0.05) is 19.7 Å². The van der Waals surface area contributed by atoms with Gasteiger partial charge in [0, 0.05) is 44.0 Å². The third kappa shape index (κ3) is 4.21. The number of pyridine rings is 1. The number of ketones is 1. The van der Waals surface area contributed by atoms with Crippen molar-refractivity contribution in [3.05, 3.63) is 23.9 Å². The van der Waals surface area contributed by atoms with E-state index in [4.69, 9.17) is 4.74 Å². The van der Waals surface area contributed by atoms with Gasteiger partial charge in [0.1, 0.15) is 11.9 Å². The molecule has 1 aliphatic carbocycles. The van der Waals surface area contributed by atoms with Crippen LogP contribution >= 0.6 is 12.8 Å². The first-order valence-corrected chi connectivity index (χ1v) is 7.19. The van der Waals surface area contributed by atoms with Gasteiger partial charge in [-0.05, 0) is 18.1 Å². The molecule has 0 atom stereocenters. The van der Waals surface area contributed by atoms with Crippen LogP contribution in [-0.2, 0) is 11.2 Å². The first-order chi connectivity index (χ1) is 9.21. The number of hydrogen-bond donors (Lipinski definition) is 2. The predicted molar refractivity (Wildman–Crippen MR) is 77.4 cm³/mol. The van der Waals surface area contributed by atoms with Gasteiger partial charge < -0.3 is 4.74 Å². The Kier molecular flexibility index (Phi) is 5.22. The van der Waals surface area contributed by atoms with E-state index < -0.39 is 0 Å². The van der Waals surface area contributed by atoms with Crippen LogP contribution in [0.15, 0.2) is 18.3 Å². The van der Waals surface area contributed by atoms with Crippen LogP contribution in [0.1, 0.15) is 38.2 Å². The molecule has 1 fully saturated rings. The van der Waals surface area contributed by atoms with Gasteiger partial charge in [0.05, 0.1) is 0 Å². The summed E-state index contributed by atoms with van der Waals surface area (Å²) < 4.78 is 8.71. The van der Waals surface area contributed by atoms with Gasteiger partial charge in [-0.3, -0.25) is 9.52 Å². The molecule has 104 valence electrons. The lowest BCUT2D eigenvalue weighted by Gasteiger charge is -2.34. The molecule has 0 radical (unpaired) electrons. The van der Waals surface area contributed by atoms with Crippen molar-refractivity contribution in [3.8, 4) is 5.88 Å². The largest absolute Gasteiger partial charge is 0.474 e. The van der Waals surface area contributed by atoms with E-state index in [1.807, 2.05) is 19.1 Å². The third-order valence-electron chi connectivity index (χ3n) is 3.45. The highest BCUT2D eigenvalue weighted by Crippen LogP contribution is 2.25. The lowest BCUT2D eigenvalue weighted by atomic mass is 9.90. The molecule has 1 aromatic heterocycles. The van der Waals surface area contributed by atoms with Gasteiger partial charge in [0.2, 0.25) is 5.88 Å². The lowest BCUT2D eigenvalue weighted by Crippen LogP contribution is -2.43. The molecule has 0 aromatic carbocycles. The first kappa shape index (κ1) is 14.3. The minimum Gasteiger partial charge on any atom is -0.474 e. The number of nitrogens with zero attached hydrogens (tertiary/aromatic N) is 1. The maximum atomic E-state index is 11.3. The molecule has 1 heterocycles. The molecule has 1 saturated carbocycles. The maximum Gasteiger partial charge on any atom is 0.213 e. The minimum atomic E-state index is 0.227. The molecule has 19 heavy (non-hydrogen) atoms. The van der Waals surface area contributed by atoms with Crippen molar-refractivity contribution in [2.45, 2.75) is 51.2 Å². The third-order valence-corrected chi connectivity index (χ3v) is 3.82. The van der Waals surface area contributed by atoms with Crippen molar-refractivity contribution in [2.24, 2.45) is 0 Å². The number of carbonyl (C=O) groups excluding carboxylic acids is 1. The summed E-state index contributed by atoms with van der Waals surface area (Å²) in [6, 6.07) is 4.32. The van der Waals surface area contributed by atoms with Crippen molar-refractivity contribution < 1.29 is 9.53 Å². The summed E-state index contributed by atoms with van der Waals surface area (Å²) in [6.45, 7) is 1.89. The summed E-state index contributed by atoms with van der Waals surface area (Å²) in [6.07, 6.45) is 5.85. The number of Topliss-reactive ketones (excluding diaryl/α,β-unsaturated/α-hetero) is 1. The number of thiol groups is 1. The molecule has 0 saturated heterocycles. The van der Waals surface area contributed by atoms with Gasteiger partial charge >= 0.3 is 0 Å². The van der Waals surface area contributed by atoms with Gasteiger partial charge in [0.25, 0.3) is 0 Å². The molecule has 4 nitrogen and oxygen atoms in total. The quantitative estimate of drug-likeness (QED) is 0.753. The zero-order valence-corrected chi connectivity index (χ0v) is 12.0. The summed E-state index contributed by atoms with van der Waals surface area (Å²) in [5, 5.41) is 0. The first-order valence-electron chi connectivity index (χ1n) is 6.74. The minimum absolute atomic E-state index is 0.227. The summed E-state index contributed by atoms with van der Waals surface area (Å²) in [5.74, 6) is 0.949. The van der Waals surface area contributed by atoms with Crippen LogP contribution in [0.25, 0.3) is 0 Å². The predicted octanol–water partition coefficient (Wildman–Crippen LogP) is 2.34. The number of hydrogen-bond acceptors (Lipinski definition) is 5. The second-order valence-electron chi connectivity index (χ2n) is 4.93. The summed E-state index contributed by atoms with van der Waals surface area (Å²) in [7, 11) is 0. The topological polar surface area (TPSA) is 51.2 Å². The van der Waals surface area contributed by atoms with Crippen LogP contribution < -0.4 is 9.46 Å². The van der Waals surface area contributed by atoms with E-state index in [2.05, 4.69) is 22.5 Å². The second kappa shape index (κ2) is 6.91.